The van der Waals surface area contributed by atoms with Gasteiger partial charge < -0.3 is 19.7 Å². The van der Waals surface area contributed by atoms with Gasteiger partial charge in [0.05, 0.1) is 11.4 Å². The lowest BCUT2D eigenvalue weighted by Gasteiger charge is -2.33. The Bertz CT molecular complexity index is 1300. The number of fused-ring (bicyclic) bond motifs is 1. The SMILES string of the molecule is CCS(=O)(=O)N(CC(=O)N(Cc1c(Cl)cccc1Cl)[C@H](C)C(=O)NC1CCCC1)c1ccc2c(c1)OCCO2. The summed E-state index contributed by atoms with van der Waals surface area (Å²) in [6.07, 6.45) is 3.85. The van der Waals surface area contributed by atoms with Gasteiger partial charge in [0.15, 0.2) is 11.5 Å². The molecular formula is C27H33Cl2N3O6S. The standard InChI is InChI=1S/C27H33Cl2N3O6S/c1-3-39(35,36)32(20-11-12-24-25(15-20)38-14-13-37-24)17-26(33)31(16-21-22(28)9-6-10-23(21)29)18(2)27(34)30-19-7-4-5-8-19/h6,9-12,15,18-19H,3-5,7-8,13-14,16-17H2,1-2H3,(H,30,34)/t18-/m1/s1. The number of hydrogen-bond acceptors (Lipinski definition) is 6. The highest BCUT2D eigenvalue weighted by Crippen LogP contribution is 2.35. The van der Waals surface area contributed by atoms with Crippen molar-refractivity contribution in [3.05, 3.63) is 52.0 Å². The Morgan fingerprint density at radius 1 is 1.05 bits per heavy atom. The summed E-state index contributed by atoms with van der Waals surface area (Å²) in [4.78, 5) is 28.5. The largest absolute Gasteiger partial charge is 0.486 e. The number of carbonyl (C=O) groups is 2. The molecule has 12 heteroatoms. The molecule has 1 fully saturated rings. The van der Waals surface area contributed by atoms with Gasteiger partial charge in [0.25, 0.3) is 0 Å². The van der Waals surface area contributed by atoms with Crippen LogP contribution in [0.15, 0.2) is 36.4 Å². The lowest BCUT2D eigenvalue weighted by atomic mass is 10.1. The van der Waals surface area contributed by atoms with Gasteiger partial charge in [-0.2, -0.15) is 0 Å². The number of nitrogens with one attached hydrogen (secondary N) is 1. The third kappa shape index (κ3) is 6.91. The number of sulfonamides is 1. The molecule has 1 N–H and O–H groups in total. The lowest BCUT2D eigenvalue weighted by molar-refractivity contribution is -0.139. The van der Waals surface area contributed by atoms with E-state index in [0.717, 1.165) is 30.0 Å². The Balaban J connectivity index is 1.65. The molecule has 0 radical (unpaired) electrons. The Morgan fingerprint density at radius 2 is 1.69 bits per heavy atom. The van der Waals surface area contributed by atoms with Crippen LogP contribution in [0.4, 0.5) is 5.69 Å². The molecule has 4 rings (SSSR count). The molecule has 0 unspecified atom stereocenters. The van der Waals surface area contributed by atoms with Gasteiger partial charge in [-0.05, 0) is 51.0 Å². The van der Waals surface area contributed by atoms with Gasteiger partial charge in [0.2, 0.25) is 21.8 Å². The van der Waals surface area contributed by atoms with Crippen LogP contribution in [-0.2, 0) is 26.2 Å². The summed E-state index contributed by atoms with van der Waals surface area (Å²) >= 11 is 12.8. The summed E-state index contributed by atoms with van der Waals surface area (Å²) in [6, 6.07) is 8.86. The van der Waals surface area contributed by atoms with Gasteiger partial charge in [-0.3, -0.25) is 13.9 Å². The fraction of sp³-hybridized carbons (Fsp3) is 0.481. The first-order valence-electron chi connectivity index (χ1n) is 13.0. The minimum Gasteiger partial charge on any atom is -0.486 e. The van der Waals surface area contributed by atoms with Gasteiger partial charge >= 0.3 is 0 Å². The molecule has 1 saturated carbocycles. The third-order valence-electron chi connectivity index (χ3n) is 7.05. The monoisotopic (exact) mass is 597 g/mol. The van der Waals surface area contributed by atoms with E-state index in [0.29, 0.717) is 40.3 Å². The van der Waals surface area contributed by atoms with Gasteiger partial charge in [-0.1, -0.05) is 42.1 Å². The van der Waals surface area contributed by atoms with Crippen LogP contribution >= 0.6 is 23.2 Å². The minimum atomic E-state index is -3.89. The van der Waals surface area contributed by atoms with E-state index in [2.05, 4.69) is 5.32 Å². The molecule has 1 aliphatic carbocycles. The molecule has 2 aromatic carbocycles. The summed E-state index contributed by atoms with van der Waals surface area (Å²) in [6.45, 7) is 3.24. The molecular weight excluding hydrogens is 565 g/mol. The van der Waals surface area contributed by atoms with Crippen LogP contribution in [0.3, 0.4) is 0 Å². The van der Waals surface area contributed by atoms with E-state index >= 15 is 0 Å². The zero-order chi connectivity index (χ0) is 28.2. The summed E-state index contributed by atoms with van der Waals surface area (Å²) in [7, 11) is -3.89. The van der Waals surface area contributed by atoms with E-state index in [-0.39, 0.29) is 29.9 Å². The molecule has 2 amide bonds. The van der Waals surface area contributed by atoms with E-state index < -0.39 is 28.5 Å². The third-order valence-corrected chi connectivity index (χ3v) is 9.50. The van der Waals surface area contributed by atoms with Crippen molar-refractivity contribution in [3.8, 4) is 11.5 Å². The number of hydrogen-bond donors (Lipinski definition) is 1. The van der Waals surface area contributed by atoms with Crippen molar-refractivity contribution >= 4 is 50.7 Å². The molecule has 9 nitrogen and oxygen atoms in total. The number of carbonyl (C=O) groups excluding carboxylic acids is 2. The molecule has 0 bridgehead atoms. The van der Waals surface area contributed by atoms with Crippen LogP contribution in [0.25, 0.3) is 0 Å². The first kappa shape index (κ1) is 29.3. The molecule has 1 atom stereocenters. The Morgan fingerprint density at radius 3 is 2.33 bits per heavy atom. The molecule has 39 heavy (non-hydrogen) atoms. The van der Waals surface area contributed by atoms with Gasteiger partial charge in [-0.25, -0.2) is 8.42 Å². The Labute approximate surface area is 239 Å². The van der Waals surface area contributed by atoms with Crippen molar-refractivity contribution in [1.82, 2.24) is 10.2 Å². The Kier molecular flexibility index (Phi) is 9.51. The second-order valence-electron chi connectivity index (χ2n) is 9.62. The molecule has 0 aromatic heterocycles. The quantitative estimate of drug-likeness (QED) is 0.435. The highest BCUT2D eigenvalue weighted by molar-refractivity contribution is 7.92. The maximum absolute atomic E-state index is 13.9. The summed E-state index contributed by atoms with van der Waals surface area (Å²) < 4.78 is 38.6. The number of benzene rings is 2. The lowest BCUT2D eigenvalue weighted by Crippen LogP contribution is -2.52. The molecule has 2 aromatic rings. The van der Waals surface area contributed by atoms with Crippen molar-refractivity contribution in [2.45, 2.75) is 58.2 Å². The van der Waals surface area contributed by atoms with Gasteiger partial charge in [0, 0.05) is 34.3 Å². The predicted octanol–water partition coefficient (Wildman–Crippen LogP) is 4.40. The van der Waals surface area contributed by atoms with Crippen molar-refractivity contribution in [1.29, 1.82) is 0 Å². The van der Waals surface area contributed by atoms with Gasteiger partial charge in [0.1, 0.15) is 25.8 Å². The minimum absolute atomic E-state index is 0.0514. The predicted molar refractivity (Wildman–Crippen MR) is 151 cm³/mol. The van der Waals surface area contributed by atoms with Crippen molar-refractivity contribution in [2.75, 3.05) is 29.8 Å². The topological polar surface area (TPSA) is 105 Å². The van der Waals surface area contributed by atoms with E-state index in [1.807, 2.05) is 0 Å². The fourth-order valence-corrected chi connectivity index (χ4v) is 6.31. The number of ether oxygens (including phenoxy) is 2. The summed E-state index contributed by atoms with van der Waals surface area (Å²) in [5.74, 6) is -0.235. The molecule has 0 spiro atoms. The van der Waals surface area contributed by atoms with E-state index in [9.17, 15) is 18.0 Å². The average molecular weight is 599 g/mol. The first-order chi connectivity index (χ1) is 18.6. The van der Waals surface area contributed by atoms with Gasteiger partial charge in [-0.15, -0.1) is 0 Å². The van der Waals surface area contributed by atoms with Crippen LogP contribution in [0.1, 0.15) is 45.1 Å². The zero-order valence-electron chi connectivity index (χ0n) is 22.0. The van der Waals surface area contributed by atoms with Crippen LogP contribution in [0.5, 0.6) is 11.5 Å². The summed E-state index contributed by atoms with van der Waals surface area (Å²) in [5, 5.41) is 3.71. The second-order valence-corrected chi connectivity index (χ2v) is 12.6. The molecule has 1 aliphatic heterocycles. The summed E-state index contributed by atoms with van der Waals surface area (Å²) in [5.41, 5.74) is 0.729. The van der Waals surface area contributed by atoms with Crippen molar-refractivity contribution in [2.24, 2.45) is 0 Å². The maximum Gasteiger partial charge on any atom is 0.244 e. The number of rotatable bonds is 10. The van der Waals surface area contributed by atoms with E-state index in [4.69, 9.17) is 32.7 Å². The fourth-order valence-electron chi connectivity index (χ4n) is 4.74. The molecule has 2 aliphatic rings. The van der Waals surface area contributed by atoms with Crippen molar-refractivity contribution < 1.29 is 27.5 Å². The smallest absolute Gasteiger partial charge is 0.244 e. The van der Waals surface area contributed by atoms with E-state index in [1.165, 1.54) is 11.8 Å². The average Bonchev–Trinajstić information content (AvgIpc) is 3.43. The first-order valence-corrected chi connectivity index (χ1v) is 15.4. The van der Waals surface area contributed by atoms with Crippen LogP contribution in [0.2, 0.25) is 10.0 Å². The molecule has 212 valence electrons. The number of nitrogens with zero attached hydrogens (tertiary/aromatic N) is 2. The normalized spacial score (nSPS) is 16.0. The van der Waals surface area contributed by atoms with E-state index in [1.54, 1.807) is 43.3 Å². The zero-order valence-corrected chi connectivity index (χ0v) is 24.3. The molecule has 0 saturated heterocycles. The number of anilines is 1. The highest BCUT2D eigenvalue weighted by atomic mass is 35.5. The number of amides is 2. The second kappa shape index (κ2) is 12.7. The van der Waals surface area contributed by atoms with Crippen LogP contribution < -0.4 is 19.1 Å². The maximum atomic E-state index is 13.9. The van der Waals surface area contributed by atoms with Crippen molar-refractivity contribution in [3.63, 3.8) is 0 Å². The highest BCUT2D eigenvalue weighted by Gasteiger charge is 2.33. The van der Waals surface area contributed by atoms with Crippen LogP contribution in [-0.4, -0.2) is 62.7 Å². The molecule has 1 heterocycles. The number of halogens is 2. The van der Waals surface area contributed by atoms with Crippen LogP contribution in [0, 0.1) is 0 Å². The Hall–Kier alpha value is -2.69.